The second kappa shape index (κ2) is 7.22. The Morgan fingerprint density at radius 2 is 1.82 bits per heavy atom. The summed E-state index contributed by atoms with van der Waals surface area (Å²) in [6, 6.07) is 12.8. The molecule has 142 valence electrons. The Bertz CT molecular complexity index is 1220. The van der Waals surface area contributed by atoms with Gasteiger partial charge in [-0.2, -0.15) is 5.10 Å². The van der Waals surface area contributed by atoms with Crippen molar-refractivity contribution in [2.24, 2.45) is 0 Å². The average Bonchev–Trinajstić information content (AvgIpc) is 3.11. The minimum absolute atomic E-state index is 0.0737. The third kappa shape index (κ3) is 3.24. The van der Waals surface area contributed by atoms with Crippen LogP contribution in [-0.2, 0) is 17.8 Å². The van der Waals surface area contributed by atoms with E-state index in [4.69, 9.17) is 0 Å². The molecule has 0 saturated carbocycles. The van der Waals surface area contributed by atoms with Gasteiger partial charge in [-0.25, -0.2) is 4.68 Å². The maximum atomic E-state index is 12.6. The molecule has 4 rings (SSSR count). The van der Waals surface area contributed by atoms with Crippen molar-refractivity contribution in [1.82, 2.24) is 29.7 Å². The summed E-state index contributed by atoms with van der Waals surface area (Å²) >= 11 is 0. The van der Waals surface area contributed by atoms with Crippen LogP contribution in [0.4, 0.5) is 0 Å². The van der Waals surface area contributed by atoms with E-state index in [1.165, 1.54) is 4.68 Å². The van der Waals surface area contributed by atoms with Crippen molar-refractivity contribution >= 4 is 22.3 Å². The average molecular weight is 376 g/mol. The number of nitrogens with one attached hydrogen (secondary N) is 1. The van der Waals surface area contributed by atoms with Crippen LogP contribution < -0.4 is 10.9 Å². The quantitative estimate of drug-likeness (QED) is 0.574. The van der Waals surface area contributed by atoms with Gasteiger partial charge in [-0.1, -0.05) is 24.3 Å². The largest absolute Gasteiger partial charge is 0.348 e. The van der Waals surface area contributed by atoms with Crippen molar-refractivity contribution in [3.8, 4) is 0 Å². The lowest BCUT2D eigenvalue weighted by molar-refractivity contribution is -0.120. The summed E-state index contributed by atoms with van der Waals surface area (Å²) < 4.78 is 3.25. The van der Waals surface area contributed by atoms with E-state index in [0.29, 0.717) is 22.3 Å². The van der Waals surface area contributed by atoms with Gasteiger partial charge in [0.2, 0.25) is 5.91 Å². The van der Waals surface area contributed by atoms with Gasteiger partial charge in [-0.3, -0.25) is 14.0 Å². The fraction of sp³-hybridized carbons (Fsp3) is 0.250. The van der Waals surface area contributed by atoms with Crippen LogP contribution in [0.1, 0.15) is 31.4 Å². The molecule has 1 N–H and O–H groups in total. The smallest absolute Gasteiger partial charge is 0.274 e. The summed E-state index contributed by atoms with van der Waals surface area (Å²) in [7, 11) is 0. The van der Waals surface area contributed by atoms with Gasteiger partial charge in [0.25, 0.3) is 5.56 Å². The van der Waals surface area contributed by atoms with Crippen molar-refractivity contribution in [3.63, 3.8) is 0 Å². The van der Waals surface area contributed by atoms with Crippen LogP contribution in [-0.4, -0.2) is 30.3 Å². The zero-order chi connectivity index (χ0) is 19.7. The van der Waals surface area contributed by atoms with Crippen molar-refractivity contribution in [3.05, 3.63) is 70.5 Å². The van der Waals surface area contributed by atoms with Gasteiger partial charge in [0.05, 0.1) is 30.1 Å². The van der Waals surface area contributed by atoms with Crippen LogP contribution in [0.25, 0.3) is 16.4 Å². The summed E-state index contributed by atoms with van der Waals surface area (Å²) in [5.41, 5.74) is 1.15. The summed E-state index contributed by atoms with van der Waals surface area (Å²) in [6.45, 7) is 4.04. The van der Waals surface area contributed by atoms with Crippen LogP contribution in [0.15, 0.2) is 53.5 Å². The minimum atomic E-state index is -0.195. The summed E-state index contributed by atoms with van der Waals surface area (Å²) in [5, 5.41) is 16.8. The Labute approximate surface area is 160 Å². The Kier molecular flexibility index (Phi) is 4.60. The van der Waals surface area contributed by atoms with Gasteiger partial charge in [-0.15, -0.1) is 10.2 Å². The third-order valence-electron chi connectivity index (χ3n) is 4.55. The second-order valence-corrected chi connectivity index (χ2v) is 6.83. The molecule has 8 heteroatoms. The highest BCUT2D eigenvalue weighted by Gasteiger charge is 2.15. The normalized spacial score (nSPS) is 11.4. The van der Waals surface area contributed by atoms with E-state index in [2.05, 4.69) is 20.6 Å². The van der Waals surface area contributed by atoms with Crippen LogP contribution in [0, 0.1) is 0 Å². The molecule has 0 radical (unpaired) electrons. The van der Waals surface area contributed by atoms with Gasteiger partial charge in [0, 0.05) is 11.6 Å². The van der Waals surface area contributed by atoms with Gasteiger partial charge in [0.1, 0.15) is 0 Å². The van der Waals surface area contributed by atoms with Crippen LogP contribution in [0.3, 0.4) is 0 Å². The summed E-state index contributed by atoms with van der Waals surface area (Å²) in [4.78, 5) is 25.2. The maximum Gasteiger partial charge on any atom is 0.274 e. The molecule has 0 saturated heterocycles. The molecule has 0 aliphatic heterocycles. The fourth-order valence-corrected chi connectivity index (χ4v) is 3.16. The standard InChI is InChI=1S/C20H20N6O2/c1-13(2)26-20(28)15-8-4-3-7-14(15)16(24-26)11-19(27)21-12-18-23-22-17-9-5-6-10-25(17)18/h3-10,13H,11-12H2,1-2H3,(H,21,27). The predicted octanol–water partition coefficient (Wildman–Crippen LogP) is 1.88. The third-order valence-corrected chi connectivity index (χ3v) is 4.55. The van der Waals surface area contributed by atoms with E-state index < -0.39 is 0 Å². The van der Waals surface area contributed by atoms with Gasteiger partial charge < -0.3 is 5.32 Å². The van der Waals surface area contributed by atoms with E-state index in [1.807, 2.05) is 60.8 Å². The van der Waals surface area contributed by atoms with Crippen LogP contribution in [0.5, 0.6) is 0 Å². The Morgan fingerprint density at radius 1 is 1.07 bits per heavy atom. The highest BCUT2D eigenvalue weighted by atomic mass is 16.1. The molecule has 0 bridgehead atoms. The highest BCUT2D eigenvalue weighted by Crippen LogP contribution is 2.15. The zero-order valence-corrected chi connectivity index (χ0v) is 15.7. The fourth-order valence-electron chi connectivity index (χ4n) is 3.16. The summed E-state index contributed by atoms with van der Waals surface area (Å²) in [6.07, 6.45) is 1.93. The first kappa shape index (κ1) is 17.8. The molecule has 28 heavy (non-hydrogen) atoms. The highest BCUT2D eigenvalue weighted by molar-refractivity contribution is 5.88. The molecule has 0 atom stereocenters. The molecule has 3 heterocycles. The molecule has 3 aromatic heterocycles. The molecule has 1 aromatic carbocycles. The first-order valence-corrected chi connectivity index (χ1v) is 9.10. The number of pyridine rings is 1. The molecule has 8 nitrogen and oxygen atoms in total. The number of hydrogen-bond acceptors (Lipinski definition) is 5. The Balaban J connectivity index is 1.58. The number of hydrogen-bond donors (Lipinski definition) is 1. The zero-order valence-electron chi connectivity index (χ0n) is 15.7. The van der Waals surface area contributed by atoms with E-state index in [9.17, 15) is 9.59 Å². The number of rotatable bonds is 5. The number of carbonyl (C=O) groups is 1. The predicted molar refractivity (Wildman–Crippen MR) is 105 cm³/mol. The Hall–Kier alpha value is -3.55. The molecule has 1 amide bonds. The SMILES string of the molecule is CC(C)n1nc(CC(=O)NCc2nnc3ccccn23)c2ccccc2c1=O. The molecule has 0 aliphatic carbocycles. The molecular formula is C20H20N6O2. The number of nitrogens with zero attached hydrogens (tertiary/aromatic N) is 5. The van der Waals surface area contributed by atoms with E-state index in [0.717, 1.165) is 5.65 Å². The lowest BCUT2D eigenvalue weighted by Gasteiger charge is -2.13. The minimum Gasteiger partial charge on any atom is -0.348 e. The molecule has 0 unspecified atom stereocenters. The molecule has 4 aromatic rings. The molecule has 0 aliphatic rings. The van der Waals surface area contributed by atoms with Gasteiger partial charge >= 0.3 is 0 Å². The monoisotopic (exact) mass is 376 g/mol. The van der Waals surface area contributed by atoms with Crippen molar-refractivity contribution in [2.75, 3.05) is 0 Å². The second-order valence-electron chi connectivity index (χ2n) is 6.83. The van der Waals surface area contributed by atoms with Crippen molar-refractivity contribution < 1.29 is 4.79 Å². The molecule has 0 fully saturated rings. The lowest BCUT2D eigenvalue weighted by Crippen LogP contribution is -2.30. The first-order valence-electron chi connectivity index (χ1n) is 9.10. The number of fused-ring (bicyclic) bond motifs is 2. The Morgan fingerprint density at radius 3 is 2.61 bits per heavy atom. The molecule has 0 spiro atoms. The first-order chi connectivity index (χ1) is 13.5. The van der Waals surface area contributed by atoms with Crippen LogP contribution >= 0.6 is 0 Å². The van der Waals surface area contributed by atoms with Crippen molar-refractivity contribution in [2.45, 2.75) is 32.9 Å². The molecular weight excluding hydrogens is 356 g/mol. The topological polar surface area (TPSA) is 94.2 Å². The van der Waals surface area contributed by atoms with Crippen molar-refractivity contribution in [1.29, 1.82) is 0 Å². The van der Waals surface area contributed by atoms with E-state index in [-0.39, 0.29) is 30.5 Å². The van der Waals surface area contributed by atoms with Crippen LogP contribution in [0.2, 0.25) is 0 Å². The van der Waals surface area contributed by atoms with E-state index in [1.54, 1.807) is 6.07 Å². The number of carbonyl (C=O) groups excluding carboxylic acids is 1. The number of aromatic nitrogens is 5. The summed E-state index contributed by atoms with van der Waals surface area (Å²) in [5.74, 6) is 0.452. The lowest BCUT2D eigenvalue weighted by atomic mass is 10.1. The van der Waals surface area contributed by atoms with Gasteiger partial charge in [-0.05, 0) is 32.0 Å². The maximum absolute atomic E-state index is 12.6. The number of benzene rings is 1. The van der Waals surface area contributed by atoms with E-state index >= 15 is 0 Å². The number of amides is 1. The van der Waals surface area contributed by atoms with Gasteiger partial charge in [0.15, 0.2) is 11.5 Å².